The van der Waals surface area contributed by atoms with E-state index in [2.05, 4.69) is 26.0 Å². The van der Waals surface area contributed by atoms with Gasteiger partial charge in [0.15, 0.2) is 0 Å². The van der Waals surface area contributed by atoms with Gasteiger partial charge in [-0.2, -0.15) is 0 Å². The summed E-state index contributed by atoms with van der Waals surface area (Å²) < 4.78 is 0. The molecule has 3 nitrogen and oxygen atoms in total. The van der Waals surface area contributed by atoms with Gasteiger partial charge in [-0.1, -0.05) is 26.0 Å². The number of hydrogen-bond acceptors (Lipinski definition) is 3. The molecule has 8 atom stereocenters. The third kappa shape index (κ3) is 1.75. The highest BCUT2D eigenvalue weighted by atomic mass is 16.3. The van der Waals surface area contributed by atoms with Crippen LogP contribution in [-0.2, 0) is 0 Å². The Kier molecular flexibility index (Phi) is 3.09. The van der Waals surface area contributed by atoms with Crippen molar-refractivity contribution in [3.8, 4) is 0 Å². The fraction of sp³-hybridized carbons (Fsp3) is 0.789. The summed E-state index contributed by atoms with van der Waals surface area (Å²) in [6.45, 7) is 4.55. The van der Waals surface area contributed by atoms with E-state index in [1.165, 1.54) is 0 Å². The number of rotatable bonds is 0. The minimum absolute atomic E-state index is 0.138. The van der Waals surface area contributed by atoms with Crippen LogP contribution in [-0.4, -0.2) is 27.5 Å². The summed E-state index contributed by atoms with van der Waals surface area (Å²) in [7, 11) is 0. The van der Waals surface area contributed by atoms with Crippen molar-refractivity contribution in [2.45, 2.75) is 58.2 Å². The van der Waals surface area contributed by atoms with E-state index in [0.717, 1.165) is 32.1 Å². The fourth-order valence-corrected chi connectivity index (χ4v) is 6.23. The first-order valence-corrected chi connectivity index (χ1v) is 8.80. The van der Waals surface area contributed by atoms with Crippen LogP contribution in [0.25, 0.3) is 0 Å². The number of aliphatic hydroxyl groups excluding tert-OH is 3. The average Bonchev–Trinajstić information content (AvgIpc) is 2.72. The maximum Gasteiger partial charge on any atom is 0.0889 e. The normalized spacial score (nSPS) is 56.8. The van der Waals surface area contributed by atoms with Crippen LogP contribution in [0.3, 0.4) is 0 Å². The first kappa shape index (κ1) is 14.8. The van der Waals surface area contributed by atoms with E-state index >= 15 is 0 Å². The lowest BCUT2D eigenvalue weighted by Gasteiger charge is -2.56. The number of aliphatic hydroxyl groups is 3. The molecule has 2 saturated carbocycles. The second-order valence-electron chi connectivity index (χ2n) is 8.66. The van der Waals surface area contributed by atoms with Crippen LogP contribution < -0.4 is 0 Å². The first-order valence-electron chi connectivity index (χ1n) is 8.80. The van der Waals surface area contributed by atoms with E-state index in [9.17, 15) is 15.3 Å². The molecule has 3 heteroatoms. The molecule has 0 aromatic heterocycles. The molecule has 0 spiro atoms. The molecular formula is C19H28O3. The van der Waals surface area contributed by atoms with E-state index in [-0.39, 0.29) is 10.8 Å². The van der Waals surface area contributed by atoms with Crippen LogP contribution in [0.15, 0.2) is 24.0 Å². The maximum absolute atomic E-state index is 10.5. The van der Waals surface area contributed by atoms with Gasteiger partial charge in [0, 0.05) is 12.3 Å². The van der Waals surface area contributed by atoms with Crippen molar-refractivity contribution in [2.75, 3.05) is 0 Å². The molecule has 0 saturated heterocycles. The predicted molar refractivity (Wildman–Crippen MR) is 85.1 cm³/mol. The van der Waals surface area contributed by atoms with Gasteiger partial charge in [-0.05, 0) is 60.3 Å². The Morgan fingerprint density at radius 2 is 1.82 bits per heavy atom. The molecule has 122 valence electrons. The highest BCUT2D eigenvalue weighted by Gasteiger charge is 2.60. The smallest absolute Gasteiger partial charge is 0.0889 e. The molecule has 2 unspecified atom stereocenters. The molecule has 4 aliphatic carbocycles. The molecule has 0 aromatic rings. The Labute approximate surface area is 132 Å². The van der Waals surface area contributed by atoms with Crippen LogP contribution in [0.4, 0.5) is 0 Å². The molecular weight excluding hydrogens is 276 g/mol. The number of allylic oxidation sites excluding steroid dienone is 4. The van der Waals surface area contributed by atoms with Crippen LogP contribution in [0.1, 0.15) is 46.0 Å². The minimum Gasteiger partial charge on any atom is -0.513 e. The SMILES string of the molecule is C[C@]12CCC(O)=CC1C=C[C@@H]1[C@@H]2CC[C@]2(C)C(O)[C@H](O)C[C@@H]12. The lowest BCUT2D eigenvalue weighted by molar-refractivity contribution is -0.0780. The van der Waals surface area contributed by atoms with Crippen molar-refractivity contribution >= 4 is 0 Å². The van der Waals surface area contributed by atoms with Gasteiger partial charge in [0.25, 0.3) is 0 Å². The molecule has 3 N–H and O–H groups in total. The zero-order chi connectivity index (χ0) is 15.7. The van der Waals surface area contributed by atoms with E-state index < -0.39 is 12.2 Å². The predicted octanol–water partition coefficient (Wildman–Crippen LogP) is 3.19. The van der Waals surface area contributed by atoms with Crippen molar-refractivity contribution in [3.63, 3.8) is 0 Å². The van der Waals surface area contributed by atoms with Crippen molar-refractivity contribution in [2.24, 2.45) is 34.5 Å². The van der Waals surface area contributed by atoms with Gasteiger partial charge in [-0.25, -0.2) is 0 Å². The molecule has 0 amide bonds. The third-order valence-corrected chi connectivity index (χ3v) is 7.75. The lowest BCUT2D eigenvalue weighted by Crippen LogP contribution is -2.51. The molecule has 0 aromatic carbocycles. The van der Waals surface area contributed by atoms with Crippen molar-refractivity contribution in [3.05, 3.63) is 24.0 Å². The lowest BCUT2D eigenvalue weighted by atomic mass is 9.48. The Morgan fingerprint density at radius 3 is 2.59 bits per heavy atom. The molecule has 0 heterocycles. The average molecular weight is 304 g/mol. The molecule has 4 aliphatic rings. The van der Waals surface area contributed by atoms with Crippen molar-refractivity contribution < 1.29 is 15.3 Å². The van der Waals surface area contributed by atoms with E-state index in [1.54, 1.807) is 0 Å². The highest BCUT2D eigenvalue weighted by molar-refractivity contribution is 5.24. The van der Waals surface area contributed by atoms with Gasteiger partial charge < -0.3 is 15.3 Å². The molecule has 2 fully saturated rings. The highest BCUT2D eigenvalue weighted by Crippen LogP contribution is 2.64. The van der Waals surface area contributed by atoms with Crippen molar-refractivity contribution in [1.29, 1.82) is 0 Å². The Balaban J connectivity index is 1.72. The third-order valence-electron chi connectivity index (χ3n) is 7.75. The monoisotopic (exact) mass is 304 g/mol. The largest absolute Gasteiger partial charge is 0.513 e. The van der Waals surface area contributed by atoms with Crippen LogP contribution in [0.2, 0.25) is 0 Å². The van der Waals surface area contributed by atoms with E-state index in [1.807, 2.05) is 6.08 Å². The zero-order valence-corrected chi connectivity index (χ0v) is 13.6. The van der Waals surface area contributed by atoms with Crippen LogP contribution in [0.5, 0.6) is 0 Å². The second kappa shape index (κ2) is 4.61. The number of fused-ring (bicyclic) bond motifs is 5. The first-order chi connectivity index (χ1) is 10.4. The van der Waals surface area contributed by atoms with Crippen LogP contribution >= 0.6 is 0 Å². The zero-order valence-electron chi connectivity index (χ0n) is 13.6. The van der Waals surface area contributed by atoms with Gasteiger partial charge in [0.05, 0.1) is 18.0 Å². The van der Waals surface area contributed by atoms with E-state index in [0.29, 0.717) is 29.4 Å². The van der Waals surface area contributed by atoms with Gasteiger partial charge >= 0.3 is 0 Å². The van der Waals surface area contributed by atoms with Gasteiger partial charge in [0.1, 0.15) is 0 Å². The van der Waals surface area contributed by atoms with Gasteiger partial charge in [0.2, 0.25) is 0 Å². The molecule has 4 rings (SSSR count). The van der Waals surface area contributed by atoms with Gasteiger partial charge in [-0.3, -0.25) is 0 Å². The Hall–Kier alpha value is -0.800. The summed E-state index contributed by atoms with van der Waals surface area (Å²) in [5.41, 5.74) is 0.0756. The van der Waals surface area contributed by atoms with Gasteiger partial charge in [-0.15, -0.1) is 0 Å². The maximum atomic E-state index is 10.5. The summed E-state index contributed by atoms with van der Waals surface area (Å²) in [5.74, 6) is 2.31. The molecule has 0 radical (unpaired) electrons. The summed E-state index contributed by atoms with van der Waals surface area (Å²) in [4.78, 5) is 0. The van der Waals surface area contributed by atoms with E-state index in [4.69, 9.17) is 0 Å². The van der Waals surface area contributed by atoms with Crippen molar-refractivity contribution in [1.82, 2.24) is 0 Å². The summed E-state index contributed by atoms with van der Waals surface area (Å²) in [6, 6.07) is 0. The quantitative estimate of drug-likeness (QED) is 0.602. The Bertz CT molecular complexity index is 539. The molecule has 0 bridgehead atoms. The van der Waals surface area contributed by atoms with Crippen LogP contribution in [0, 0.1) is 34.5 Å². The number of hydrogen-bond donors (Lipinski definition) is 3. The standard InChI is InChI=1S/C19H28O3/c1-18-7-5-12(20)9-11(18)3-4-13-14(18)6-8-19(2)15(13)10-16(21)17(19)22/h3-4,9,11,13-17,20-22H,5-8,10H2,1-2H3/t11?,13-,14+,15+,16-,17?,18+,19+/m1/s1. The minimum atomic E-state index is -0.576. The molecule has 0 aliphatic heterocycles. The summed E-state index contributed by atoms with van der Waals surface area (Å²) >= 11 is 0. The topological polar surface area (TPSA) is 60.7 Å². The Morgan fingerprint density at radius 1 is 1.05 bits per heavy atom. The second-order valence-corrected chi connectivity index (χ2v) is 8.66. The molecule has 22 heavy (non-hydrogen) atoms. The summed E-state index contributed by atoms with van der Waals surface area (Å²) in [6.07, 6.45) is 10.2. The fourth-order valence-electron chi connectivity index (χ4n) is 6.23. The summed E-state index contributed by atoms with van der Waals surface area (Å²) in [5, 5.41) is 30.5.